The Labute approximate surface area is 117 Å². The summed E-state index contributed by atoms with van der Waals surface area (Å²) in [4.78, 5) is 2.41. The van der Waals surface area contributed by atoms with Crippen LogP contribution in [-0.4, -0.2) is 61.4 Å². The van der Waals surface area contributed by atoms with E-state index >= 15 is 0 Å². The lowest BCUT2D eigenvalue weighted by atomic mass is 9.78. The lowest BCUT2D eigenvalue weighted by Gasteiger charge is -2.45. The number of rotatable bonds is 2. The fourth-order valence-corrected chi connectivity index (χ4v) is 3.88. The van der Waals surface area contributed by atoms with Gasteiger partial charge in [-0.1, -0.05) is 19.3 Å². The number of hydrogen-bond donors (Lipinski definition) is 1. The topological polar surface area (TPSA) is 27.7 Å². The van der Waals surface area contributed by atoms with Crippen molar-refractivity contribution in [1.82, 2.24) is 15.3 Å². The van der Waals surface area contributed by atoms with E-state index in [0.717, 1.165) is 19.7 Å². The van der Waals surface area contributed by atoms with Crippen LogP contribution in [0.4, 0.5) is 0 Å². The average molecular weight is 267 g/mol. The second kappa shape index (κ2) is 6.08. The molecule has 2 heterocycles. The third kappa shape index (κ3) is 3.48. The van der Waals surface area contributed by atoms with Crippen molar-refractivity contribution >= 4 is 0 Å². The summed E-state index contributed by atoms with van der Waals surface area (Å²) < 4.78 is 6.18. The maximum absolute atomic E-state index is 6.18. The normalized spacial score (nSPS) is 33.6. The zero-order chi connectivity index (χ0) is 13.1. The third-order valence-corrected chi connectivity index (χ3v) is 5.13. The quantitative estimate of drug-likeness (QED) is 0.823. The number of nitrogens with zero attached hydrogens (tertiary/aromatic N) is 2. The van der Waals surface area contributed by atoms with Crippen LogP contribution < -0.4 is 5.43 Å². The second-order valence-electron chi connectivity index (χ2n) is 6.70. The molecule has 1 aliphatic carbocycles. The van der Waals surface area contributed by atoms with Gasteiger partial charge in [-0.25, -0.2) is 5.01 Å². The molecule has 4 heteroatoms. The molecular weight excluding hydrogens is 238 g/mol. The lowest BCUT2D eigenvalue weighted by Crippen LogP contribution is -2.57. The summed E-state index contributed by atoms with van der Waals surface area (Å²) in [7, 11) is 2.21. The molecule has 110 valence electrons. The fraction of sp³-hybridized carbons (Fsp3) is 1.00. The number of nitrogens with one attached hydrogen (secondary N) is 1. The Bertz CT molecular complexity index is 278. The van der Waals surface area contributed by atoms with E-state index in [4.69, 9.17) is 4.74 Å². The first-order valence-corrected chi connectivity index (χ1v) is 8.09. The van der Waals surface area contributed by atoms with Crippen LogP contribution in [0.2, 0.25) is 0 Å². The molecule has 0 bridgehead atoms. The molecule has 2 aliphatic heterocycles. The van der Waals surface area contributed by atoms with Crippen molar-refractivity contribution in [2.45, 2.75) is 56.6 Å². The molecule has 1 unspecified atom stereocenters. The summed E-state index contributed by atoms with van der Waals surface area (Å²) >= 11 is 0. The van der Waals surface area contributed by atoms with Gasteiger partial charge in [0.15, 0.2) is 0 Å². The van der Waals surface area contributed by atoms with Crippen molar-refractivity contribution in [3.8, 4) is 0 Å². The Kier molecular flexibility index (Phi) is 4.42. The highest BCUT2D eigenvalue weighted by Crippen LogP contribution is 2.38. The van der Waals surface area contributed by atoms with E-state index in [1.807, 2.05) is 0 Å². The van der Waals surface area contributed by atoms with Gasteiger partial charge in [-0.15, -0.1) is 0 Å². The zero-order valence-electron chi connectivity index (χ0n) is 12.4. The maximum Gasteiger partial charge on any atom is 0.0697 e. The molecular formula is C15H29N3O. The maximum atomic E-state index is 6.18. The highest BCUT2D eigenvalue weighted by Gasteiger charge is 2.38. The monoisotopic (exact) mass is 267 g/mol. The van der Waals surface area contributed by atoms with E-state index in [2.05, 4.69) is 22.4 Å². The number of hydrazine groups is 1. The Morgan fingerprint density at radius 1 is 1.05 bits per heavy atom. The standard InChI is InChI=1S/C15H29N3O/c1-17-8-10-18(11-9-17)16-14-5-12-19-15(13-14)6-3-2-4-7-15/h14,16H,2-13H2,1H3. The Hall–Kier alpha value is -0.160. The van der Waals surface area contributed by atoms with E-state index in [9.17, 15) is 0 Å². The molecule has 4 nitrogen and oxygen atoms in total. The van der Waals surface area contributed by atoms with Gasteiger partial charge < -0.3 is 9.64 Å². The third-order valence-electron chi connectivity index (χ3n) is 5.13. The Morgan fingerprint density at radius 2 is 1.79 bits per heavy atom. The second-order valence-corrected chi connectivity index (χ2v) is 6.70. The minimum absolute atomic E-state index is 0.223. The Balaban J connectivity index is 1.50. The molecule has 1 N–H and O–H groups in total. The molecule has 1 spiro atoms. The summed E-state index contributed by atoms with van der Waals surface area (Å²) in [5.41, 5.74) is 4.00. The molecule has 3 aliphatic rings. The van der Waals surface area contributed by atoms with Gasteiger partial charge in [0.2, 0.25) is 0 Å². The molecule has 0 radical (unpaired) electrons. The average Bonchev–Trinajstić information content (AvgIpc) is 2.42. The van der Waals surface area contributed by atoms with E-state index in [1.54, 1.807) is 0 Å². The molecule has 19 heavy (non-hydrogen) atoms. The van der Waals surface area contributed by atoms with Gasteiger partial charge in [0.05, 0.1) is 5.60 Å². The number of ether oxygens (including phenoxy) is 1. The largest absolute Gasteiger partial charge is 0.375 e. The summed E-state index contributed by atoms with van der Waals surface area (Å²) in [5.74, 6) is 0. The first-order valence-electron chi connectivity index (χ1n) is 8.09. The van der Waals surface area contributed by atoms with Crippen molar-refractivity contribution in [2.75, 3.05) is 39.8 Å². The predicted octanol–water partition coefficient (Wildman–Crippen LogP) is 1.62. The lowest BCUT2D eigenvalue weighted by molar-refractivity contribution is -0.117. The molecule has 0 aromatic rings. The van der Waals surface area contributed by atoms with Crippen molar-refractivity contribution in [1.29, 1.82) is 0 Å². The molecule has 1 atom stereocenters. The first kappa shape index (κ1) is 13.8. The van der Waals surface area contributed by atoms with Crippen LogP contribution in [0.3, 0.4) is 0 Å². The van der Waals surface area contributed by atoms with Crippen LogP contribution in [0.5, 0.6) is 0 Å². The van der Waals surface area contributed by atoms with Gasteiger partial charge in [-0.2, -0.15) is 0 Å². The SMILES string of the molecule is CN1CCN(NC2CCOC3(CCCCC3)C2)CC1. The number of hydrogen-bond acceptors (Lipinski definition) is 4. The van der Waals surface area contributed by atoms with Gasteiger partial charge in [0.1, 0.15) is 0 Å². The molecule has 0 aromatic carbocycles. The van der Waals surface area contributed by atoms with Crippen molar-refractivity contribution in [3.05, 3.63) is 0 Å². The van der Waals surface area contributed by atoms with E-state index in [-0.39, 0.29) is 5.60 Å². The van der Waals surface area contributed by atoms with Crippen LogP contribution in [0.1, 0.15) is 44.9 Å². The molecule has 0 amide bonds. The summed E-state index contributed by atoms with van der Waals surface area (Å²) in [6.07, 6.45) is 9.10. The molecule has 0 aromatic heterocycles. The molecule has 1 saturated carbocycles. The van der Waals surface area contributed by atoms with Crippen LogP contribution >= 0.6 is 0 Å². The smallest absolute Gasteiger partial charge is 0.0697 e. The van der Waals surface area contributed by atoms with Crippen LogP contribution in [0, 0.1) is 0 Å². The fourth-order valence-electron chi connectivity index (χ4n) is 3.88. The highest BCUT2D eigenvalue weighted by atomic mass is 16.5. The first-order chi connectivity index (χ1) is 9.26. The molecule has 3 fully saturated rings. The summed E-state index contributed by atoms with van der Waals surface area (Å²) in [5, 5.41) is 2.44. The van der Waals surface area contributed by atoms with Crippen LogP contribution in [0.15, 0.2) is 0 Å². The molecule has 3 rings (SSSR count). The van der Waals surface area contributed by atoms with Gasteiger partial charge in [-0.05, 0) is 32.7 Å². The van der Waals surface area contributed by atoms with Crippen LogP contribution in [0.25, 0.3) is 0 Å². The van der Waals surface area contributed by atoms with E-state index in [0.29, 0.717) is 6.04 Å². The summed E-state index contributed by atoms with van der Waals surface area (Å²) in [6.45, 7) is 5.62. The highest BCUT2D eigenvalue weighted by molar-refractivity contribution is 4.92. The van der Waals surface area contributed by atoms with Gasteiger partial charge >= 0.3 is 0 Å². The number of likely N-dealkylation sites (N-methyl/N-ethyl adjacent to an activating group) is 1. The Morgan fingerprint density at radius 3 is 2.53 bits per heavy atom. The van der Waals surface area contributed by atoms with Crippen LogP contribution in [-0.2, 0) is 4.74 Å². The number of piperazine rings is 1. The predicted molar refractivity (Wildman–Crippen MR) is 77.0 cm³/mol. The van der Waals surface area contributed by atoms with Crippen molar-refractivity contribution in [2.24, 2.45) is 0 Å². The molecule has 2 saturated heterocycles. The minimum atomic E-state index is 0.223. The van der Waals surface area contributed by atoms with Crippen molar-refractivity contribution in [3.63, 3.8) is 0 Å². The zero-order valence-corrected chi connectivity index (χ0v) is 12.4. The van der Waals surface area contributed by atoms with E-state index in [1.165, 1.54) is 58.0 Å². The van der Waals surface area contributed by atoms with Gasteiger partial charge in [0, 0.05) is 38.8 Å². The van der Waals surface area contributed by atoms with Gasteiger partial charge in [-0.3, -0.25) is 5.43 Å². The van der Waals surface area contributed by atoms with Crippen molar-refractivity contribution < 1.29 is 4.74 Å². The minimum Gasteiger partial charge on any atom is -0.375 e. The van der Waals surface area contributed by atoms with E-state index < -0.39 is 0 Å². The van der Waals surface area contributed by atoms with Gasteiger partial charge in [0.25, 0.3) is 0 Å². The summed E-state index contributed by atoms with van der Waals surface area (Å²) in [6, 6.07) is 0.634.